The zero-order valence-electron chi connectivity index (χ0n) is 5.93. The Morgan fingerprint density at radius 1 is 1.64 bits per heavy atom. The molecule has 60 valence electrons. The lowest BCUT2D eigenvalue weighted by molar-refractivity contribution is -0.542. The van der Waals surface area contributed by atoms with Gasteiger partial charge in [-0.25, -0.2) is 0 Å². The van der Waals surface area contributed by atoms with Gasteiger partial charge in [-0.15, -0.1) is 0 Å². The fourth-order valence-electron chi connectivity index (χ4n) is 3.42. The molecule has 0 heterocycles. The Hall–Kier alpha value is -0.640. The van der Waals surface area contributed by atoms with E-state index in [2.05, 4.69) is 0 Å². The average Bonchev–Trinajstić information content (AvgIpc) is 2.32. The third kappa shape index (κ3) is 0.384. The van der Waals surface area contributed by atoms with Crippen molar-refractivity contribution in [2.45, 2.75) is 24.5 Å². The first kappa shape index (κ1) is 5.94. The molecule has 0 aromatic heterocycles. The van der Waals surface area contributed by atoms with E-state index in [4.69, 9.17) is 0 Å². The fraction of sp³-hybridized carbons (Fsp3) is 1.00. The van der Waals surface area contributed by atoms with Crippen LogP contribution in [-0.4, -0.2) is 21.7 Å². The Labute approximate surface area is 63.4 Å². The van der Waals surface area contributed by atoms with Crippen molar-refractivity contribution < 1.29 is 10.0 Å². The van der Waals surface area contributed by atoms with Crippen LogP contribution in [0.2, 0.25) is 0 Å². The average molecular weight is 155 g/mol. The van der Waals surface area contributed by atoms with Crippen LogP contribution in [-0.2, 0) is 0 Å². The van der Waals surface area contributed by atoms with E-state index in [1.807, 2.05) is 0 Å². The molecular weight excluding hydrogens is 146 g/mol. The van der Waals surface area contributed by atoms with Gasteiger partial charge in [0.2, 0.25) is 5.54 Å². The van der Waals surface area contributed by atoms with Crippen molar-refractivity contribution >= 4 is 0 Å². The first-order valence-electron chi connectivity index (χ1n) is 4.00. The Morgan fingerprint density at radius 3 is 2.55 bits per heavy atom. The summed E-state index contributed by atoms with van der Waals surface area (Å²) < 4.78 is 0. The molecule has 5 unspecified atom stereocenters. The molecule has 4 nitrogen and oxygen atoms in total. The predicted molar refractivity (Wildman–Crippen MR) is 35.4 cm³/mol. The van der Waals surface area contributed by atoms with Gasteiger partial charge in [0.05, 0.1) is 12.0 Å². The van der Waals surface area contributed by atoms with Gasteiger partial charge in [0, 0.05) is 17.3 Å². The highest BCUT2D eigenvalue weighted by atomic mass is 16.6. The molecule has 0 aromatic rings. The lowest BCUT2D eigenvalue weighted by Gasteiger charge is -2.02. The monoisotopic (exact) mass is 155 g/mol. The Balaban J connectivity index is 2.04. The second-order valence-corrected chi connectivity index (χ2v) is 4.07. The van der Waals surface area contributed by atoms with Crippen molar-refractivity contribution in [1.82, 2.24) is 0 Å². The zero-order valence-corrected chi connectivity index (χ0v) is 5.93. The number of aliphatic hydroxyl groups excluding tert-OH is 1. The molecule has 0 aromatic carbocycles. The number of hydrogen-bond acceptors (Lipinski definition) is 3. The van der Waals surface area contributed by atoms with Gasteiger partial charge in [0.1, 0.15) is 0 Å². The molecule has 11 heavy (non-hydrogen) atoms. The van der Waals surface area contributed by atoms with Gasteiger partial charge in [-0.05, 0) is 12.3 Å². The Kier molecular flexibility index (Phi) is 0.707. The van der Waals surface area contributed by atoms with Crippen LogP contribution in [0, 0.1) is 27.9 Å². The second kappa shape index (κ2) is 1.31. The topological polar surface area (TPSA) is 63.4 Å². The molecule has 0 spiro atoms. The van der Waals surface area contributed by atoms with Gasteiger partial charge < -0.3 is 5.11 Å². The molecule has 4 saturated carbocycles. The SMILES string of the molecule is O=[N+]([O-])C12CC3CC1C2C3O. The lowest BCUT2D eigenvalue weighted by Crippen LogP contribution is -2.21. The maximum absolute atomic E-state index is 10.6. The molecule has 0 saturated heterocycles. The molecule has 4 aliphatic carbocycles. The van der Waals surface area contributed by atoms with Crippen LogP contribution >= 0.6 is 0 Å². The quantitative estimate of drug-likeness (QED) is 0.429. The minimum atomic E-state index is -0.663. The normalized spacial score (nSPS) is 63.4. The van der Waals surface area contributed by atoms with Crippen molar-refractivity contribution in [3.05, 3.63) is 10.1 Å². The maximum Gasteiger partial charge on any atom is 0.231 e. The highest BCUT2D eigenvalue weighted by molar-refractivity contribution is 5.28. The molecule has 4 heteroatoms. The Morgan fingerprint density at radius 2 is 2.36 bits per heavy atom. The fourth-order valence-corrected chi connectivity index (χ4v) is 3.42. The van der Waals surface area contributed by atoms with Crippen molar-refractivity contribution in [3.8, 4) is 0 Å². The summed E-state index contributed by atoms with van der Waals surface area (Å²) in [5.74, 6) is 0.482. The molecule has 4 aliphatic rings. The van der Waals surface area contributed by atoms with E-state index in [0.717, 1.165) is 6.42 Å². The minimum absolute atomic E-state index is 0.0162. The second-order valence-electron chi connectivity index (χ2n) is 4.07. The summed E-state index contributed by atoms with van der Waals surface area (Å²) in [6.45, 7) is 0. The van der Waals surface area contributed by atoms with Crippen LogP contribution in [0.4, 0.5) is 0 Å². The molecule has 0 aliphatic heterocycles. The van der Waals surface area contributed by atoms with E-state index in [9.17, 15) is 15.2 Å². The molecule has 4 rings (SSSR count). The third-order valence-corrected chi connectivity index (χ3v) is 3.88. The van der Waals surface area contributed by atoms with Crippen molar-refractivity contribution in [3.63, 3.8) is 0 Å². The van der Waals surface area contributed by atoms with Crippen molar-refractivity contribution in [2.75, 3.05) is 0 Å². The number of nitrogens with zero attached hydrogens (tertiary/aromatic N) is 1. The summed E-state index contributed by atoms with van der Waals surface area (Å²) in [6.07, 6.45) is 1.17. The summed E-state index contributed by atoms with van der Waals surface area (Å²) >= 11 is 0. The Bertz CT molecular complexity index is 254. The predicted octanol–water partition coefficient (Wildman–Crippen LogP) is 0.0324. The molecule has 0 radical (unpaired) electrons. The summed E-state index contributed by atoms with van der Waals surface area (Å²) in [5, 5.41) is 20.1. The van der Waals surface area contributed by atoms with Gasteiger partial charge in [-0.1, -0.05) is 0 Å². The van der Waals surface area contributed by atoms with Gasteiger partial charge in [-0.2, -0.15) is 0 Å². The third-order valence-electron chi connectivity index (χ3n) is 3.88. The number of rotatable bonds is 1. The molecule has 0 amide bonds. The zero-order chi connectivity index (χ0) is 7.80. The van der Waals surface area contributed by atoms with Crippen LogP contribution in [0.15, 0.2) is 0 Å². The van der Waals surface area contributed by atoms with Crippen LogP contribution < -0.4 is 0 Å². The van der Waals surface area contributed by atoms with E-state index in [1.54, 1.807) is 0 Å². The highest BCUT2D eigenvalue weighted by Crippen LogP contribution is 2.74. The van der Waals surface area contributed by atoms with Crippen LogP contribution in [0.3, 0.4) is 0 Å². The molecular formula is C7H9NO3. The van der Waals surface area contributed by atoms with Gasteiger partial charge >= 0.3 is 0 Å². The largest absolute Gasteiger partial charge is 0.392 e. The van der Waals surface area contributed by atoms with Crippen molar-refractivity contribution in [2.24, 2.45) is 17.8 Å². The molecule has 4 fully saturated rings. The van der Waals surface area contributed by atoms with E-state index in [1.165, 1.54) is 0 Å². The van der Waals surface area contributed by atoms with E-state index in [-0.39, 0.29) is 28.8 Å². The minimum Gasteiger partial charge on any atom is -0.392 e. The summed E-state index contributed by atoms with van der Waals surface area (Å²) in [7, 11) is 0. The molecule has 5 atom stereocenters. The van der Waals surface area contributed by atoms with Gasteiger partial charge in [0.15, 0.2) is 0 Å². The van der Waals surface area contributed by atoms with E-state index in [0.29, 0.717) is 6.42 Å². The smallest absolute Gasteiger partial charge is 0.231 e. The molecule has 4 bridgehead atoms. The van der Waals surface area contributed by atoms with Gasteiger partial charge in [-0.3, -0.25) is 10.1 Å². The van der Waals surface area contributed by atoms with Crippen LogP contribution in [0.1, 0.15) is 12.8 Å². The maximum atomic E-state index is 10.6. The van der Waals surface area contributed by atoms with Crippen LogP contribution in [0.25, 0.3) is 0 Å². The molecule has 1 N–H and O–H groups in total. The van der Waals surface area contributed by atoms with E-state index >= 15 is 0 Å². The summed E-state index contributed by atoms with van der Waals surface area (Å²) in [4.78, 5) is 10.5. The summed E-state index contributed by atoms with van der Waals surface area (Å²) in [6, 6.07) is 0. The number of hydrogen-bond donors (Lipinski definition) is 1. The standard InChI is InChI=1S/C7H9NO3/c9-6-3-1-4-5(6)7(4,2-3)8(10)11/h3-6,9H,1-2H2. The lowest BCUT2D eigenvalue weighted by atomic mass is 10.1. The highest BCUT2D eigenvalue weighted by Gasteiger charge is 2.87. The van der Waals surface area contributed by atoms with Gasteiger partial charge in [0.25, 0.3) is 0 Å². The first-order valence-corrected chi connectivity index (χ1v) is 4.00. The number of nitro groups is 1. The summed E-state index contributed by atoms with van der Waals surface area (Å²) in [5.41, 5.74) is -0.663. The first-order chi connectivity index (χ1) is 5.18. The van der Waals surface area contributed by atoms with E-state index < -0.39 is 5.54 Å². The number of aliphatic hydroxyl groups is 1. The van der Waals surface area contributed by atoms with Crippen molar-refractivity contribution in [1.29, 1.82) is 0 Å². The van der Waals surface area contributed by atoms with Crippen LogP contribution in [0.5, 0.6) is 0 Å².